The van der Waals surface area contributed by atoms with Crippen LogP contribution in [0.5, 0.6) is 0 Å². The van der Waals surface area contributed by atoms with Crippen molar-refractivity contribution in [1.82, 2.24) is 0 Å². The van der Waals surface area contributed by atoms with E-state index in [-0.39, 0.29) is 19.6 Å². The number of carbonyl (C=O) groups is 2. The second kappa shape index (κ2) is 7.45. The molecule has 0 saturated heterocycles. The van der Waals surface area contributed by atoms with Crippen LogP contribution in [-0.4, -0.2) is 11.0 Å². The maximum Gasteiger partial charge on any atom is 0.191 e. The second-order valence-corrected chi connectivity index (χ2v) is 12.8. The van der Waals surface area contributed by atoms with E-state index in [0.29, 0.717) is 11.1 Å². The number of rotatable bonds is 4. The molecule has 0 saturated carbocycles. The number of thiophene rings is 5. The number of hydrogen-bond acceptors (Lipinski definition) is 7. The molecule has 1 aliphatic rings. The van der Waals surface area contributed by atoms with E-state index in [1.807, 2.05) is 12.1 Å². The quantitative estimate of drug-likeness (QED) is 0.232. The lowest BCUT2D eigenvalue weighted by atomic mass is 10.1. The highest BCUT2D eigenvalue weighted by Gasteiger charge is 2.37. The molecule has 0 bridgehead atoms. The van der Waals surface area contributed by atoms with Crippen molar-refractivity contribution in [3.05, 3.63) is 70.4 Å². The monoisotopic (exact) mass is 498 g/mol. The molecule has 2 nitrogen and oxygen atoms in total. The molecule has 0 aromatic carbocycles. The first-order valence-electron chi connectivity index (χ1n) is 8.99. The zero-order chi connectivity index (χ0) is 20.2. The summed E-state index contributed by atoms with van der Waals surface area (Å²) in [4.78, 5) is 34.4. The van der Waals surface area contributed by atoms with Gasteiger partial charge in [0.05, 0.1) is 20.9 Å². The van der Waals surface area contributed by atoms with Crippen molar-refractivity contribution in [1.29, 1.82) is 0 Å². The topological polar surface area (TPSA) is 34.1 Å². The van der Waals surface area contributed by atoms with Gasteiger partial charge in [0.25, 0.3) is 0 Å². The number of hydrogen-bond donors (Lipinski definition) is 0. The Morgan fingerprint density at radius 1 is 0.533 bits per heavy atom. The van der Waals surface area contributed by atoms with Crippen molar-refractivity contribution >= 4 is 76.3 Å². The minimum absolute atomic E-state index is 0.0198. The van der Waals surface area contributed by atoms with E-state index in [1.165, 1.54) is 19.5 Å². The normalized spacial score (nSPS) is 13.3. The van der Waals surface area contributed by atoms with Gasteiger partial charge in [-0.25, -0.2) is 0 Å². The summed E-state index contributed by atoms with van der Waals surface area (Å²) in [6, 6.07) is 16.7. The lowest BCUT2D eigenvalue weighted by Crippen LogP contribution is -1.88. The van der Waals surface area contributed by atoms with Crippen molar-refractivity contribution in [3.8, 4) is 39.0 Å². The maximum atomic E-state index is 12.8. The van der Waals surface area contributed by atoms with Crippen LogP contribution >= 0.6 is 65.3 Å². The van der Waals surface area contributed by atoms with Crippen molar-refractivity contribution < 1.29 is 9.59 Å². The van der Waals surface area contributed by atoms with Crippen LogP contribution in [0.15, 0.2) is 59.3 Å². The predicted octanol–water partition coefficient (Wildman–Crippen LogP) is 8.63. The van der Waals surface area contributed by atoms with Gasteiger partial charge in [-0.15, -0.1) is 56.7 Å². The molecule has 0 amide bonds. The average Bonchev–Trinajstić information content (AvgIpc) is 3.55. The molecule has 8 heteroatoms. The molecule has 0 fully saturated rings. The minimum Gasteiger partial charge on any atom is -0.289 e. The van der Waals surface area contributed by atoms with E-state index < -0.39 is 0 Å². The van der Waals surface area contributed by atoms with Crippen LogP contribution in [0.25, 0.3) is 39.0 Å². The zero-order valence-corrected chi connectivity index (χ0v) is 20.2. The highest BCUT2D eigenvalue weighted by Crippen LogP contribution is 2.53. The number of carbonyl (C=O) groups excluding carboxylic acids is 2. The Balaban J connectivity index is 1.49. The lowest BCUT2D eigenvalue weighted by Gasteiger charge is -1.96. The van der Waals surface area contributed by atoms with Crippen molar-refractivity contribution in [2.45, 2.75) is 0 Å². The Kier molecular flexibility index (Phi) is 4.71. The summed E-state index contributed by atoms with van der Waals surface area (Å²) in [6.07, 6.45) is 0. The van der Waals surface area contributed by atoms with Crippen molar-refractivity contribution in [2.24, 2.45) is 0 Å². The molecule has 0 N–H and O–H groups in total. The SMILES string of the molecule is O=C1PC(=O)c2c(-c3ccc(-c4cccs4)s3)sc(-c3ccc(-c4cccs4)s3)c21. The molecule has 146 valence electrons. The van der Waals surface area contributed by atoms with Gasteiger partial charge in [0.1, 0.15) is 0 Å². The summed E-state index contributed by atoms with van der Waals surface area (Å²) < 4.78 is 0. The third-order valence-corrected chi connectivity index (χ3v) is 11.6. The van der Waals surface area contributed by atoms with Gasteiger partial charge in [0.15, 0.2) is 11.0 Å². The minimum atomic E-state index is -0.287. The van der Waals surface area contributed by atoms with Gasteiger partial charge in [-0.1, -0.05) is 12.1 Å². The fraction of sp³-hybridized carbons (Fsp3) is 0. The molecule has 0 unspecified atom stereocenters. The zero-order valence-electron chi connectivity index (χ0n) is 15.1. The first-order chi connectivity index (χ1) is 14.7. The van der Waals surface area contributed by atoms with Gasteiger partial charge in [0, 0.05) is 37.8 Å². The van der Waals surface area contributed by atoms with E-state index in [2.05, 4.69) is 47.2 Å². The van der Waals surface area contributed by atoms with Crippen molar-refractivity contribution in [2.75, 3.05) is 0 Å². The third-order valence-electron chi connectivity index (χ3n) is 4.78. The summed E-state index contributed by atoms with van der Waals surface area (Å²) in [5.41, 5.74) is 1.25. The number of fused-ring (bicyclic) bond motifs is 1. The van der Waals surface area contributed by atoms with Crippen LogP contribution in [-0.2, 0) is 0 Å². The smallest absolute Gasteiger partial charge is 0.191 e. The van der Waals surface area contributed by atoms with Crippen LogP contribution in [0.1, 0.15) is 20.7 Å². The Morgan fingerprint density at radius 2 is 1.00 bits per heavy atom. The van der Waals surface area contributed by atoms with Gasteiger partial charge in [-0.05, 0) is 47.2 Å². The Bertz CT molecular complexity index is 1290. The maximum absolute atomic E-state index is 12.8. The summed E-state index contributed by atoms with van der Waals surface area (Å²) in [7, 11) is -0.287. The molecule has 0 aliphatic carbocycles. The van der Waals surface area contributed by atoms with Gasteiger partial charge in [-0.3, -0.25) is 9.59 Å². The molecule has 0 atom stereocenters. The van der Waals surface area contributed by atoms with Crippen molar-refractivity contribution in [3.63, 3.8) is 0 Å². The Morgan fingerprint density at radius 3 is 1.43 bits per heavy atom. The largest absolute Gasteiger partial charge is 0.289 e. The average molecular weight is 499 g/mol. The second-order valence-electron chi connectivity index (χ2n) is 6.58. The molecule has 30 heavy (non-hydrogen) atoms. The molecule has 5 aromatic rings. The lowest BCUT2D eigenvalue weighted by molar-refractivity contribution is 0.108. The van der Waals surface area contributed by atoms with E-state index in [1.54, 1.807) is 56.7 Å². The summed E-state index contributed by atoms with van der Waals surface area (Å²) in [6.45, 7) is 0. The van der Waals surface area contributed by atoms with Crippen LogP contribution in [0.3, 0.4) is 0 Å². The molecule has 1 aliphatic heterocycles. The molecular weight excluding hydrogens is 488 g/mol. The van der Waals surface area contributed by atoms with E-state index in [4.69, 9.17) is 0 Å². The molecule has 0 radical (unpaired) electrons. The van der Waals surface area contributed by atoms with Gasteiger partial charge in [0.2, 0.25) is 0 Å². The first kappa shape index (κ1) is 19.0. The molecular formula is C22H11O2PS5. The summed E-state index contributed by atoms with van der Waals surface area (Å²) in [5.74, 6) is 0. The summed E-state index contributed by atoms with van der Waals surface area (Å²) in [5, 5.41) is 4.14. The van der Waals surface area contributed by atoms with E-state index >= 15 is 0 Å². The third kappa shape index (κ3) is 3.04. The Hall–Kier alpha value is -1.73. The highest BCUT2D eigenvalue weighted by molar-refractivity contribution is 7.77. The van der Waals surface area contributed by atoms with Crippen LogP contribution in [0, 0.1) is 0 Å². The highest BCUT2D eigenvalue weighted by atomic mass is 32.1. The molecule has 0 spiro atoms. The van der Waals surface area contributed by atoms with E-state index in [9.17, 15) is 9.59 Å². The van der Waals surface area contributed by atoms with Gasteiger partial charge in [-0.2, -0.15) is 0 Å². The van der Waals surface area contributed by atoms with E-state index in [0.717, 1.165) is 19.5 Å². The van der Waals surface area contributed by atoms with Gasteiger partial charge >= 0.3 is 0 Å². The molecule has 6 rings (SSSR count). The predicted molar refractivity (Wildman–Crippen MR) is 135 cm³/mol. The summed E-state index contributed by atoms with van der Waals surface area (Å²) >= 11 is 8.39. The fourth-order valence-electron chi connectivity index (χ4n) is 3.46. The Labute approximate surface area is 194 Å². The van der Waals surface area contributed by atoms with Crippen LogP contribution in [0.2, 0.25) is 0 Å². The van der Waals surface area contributed by atoms with Crippen LogP contribution in [0.4, 0.5) is 0 Å². The fourth-order valence-corrected chi connectivity index (χ4v) is 9.81. The standard InChI is InChI=1S/C22H11O2PS5/c23-21-17-18(22(24)25-21)20(16-8-6-14(29-16)12-4-2-10-27-12)30-19(17)15-7-5-13(28-15)11-3-1-9-26-11/h1-10,25H. The molecule has 5 aromatic heterocycles. The molecule has 6 heterocycles. The first-order valence-corrected chi connectivity index (χ1v) is 14.2. The van der Waals surface area contributed by atoms with Gasteiger partial charge < -0.3 is 0 Å². The van der Waals surface area contributed by atoms with Crippen LogP contribution < -0.4 is 0 Å².